The molecule has 34 heavy (non-hydrogen) atoms. The molecule has 1 aromatic carbocycles. The molecule has 0 radical (unpaired) electrons. The highest BCUT2D eigenvalue weighted by Gasteiger charge is 2.46. The summed E-state index contributed by atoms with van der Waals surface area (Å²) in [5.74, 6) is 2.04. The average Bonchev–Trinajstić information content (AvgIpc) is 3.13. The first-order valence-electron chi connectivity index (χ1n) is 12.5. The third-order valence-corrected chi connectivity index (χ3v) is 8.09. The molecule has 1 atom stereocenters. The number of hydrogen-bond acceptors (Lipinski definition) is 7. The number of nitrogens with two attached hydrogens (primary N) is 1. The van der Waals surface area contributed by atoms with E-state index in [1.807, 2.05) is 19.2 Å². The van der Waals surface area contributed by atoms with Gasteiger partial charge in [0.25, 0.3) is 0 Å². The van der Waals surface area contributed by atoms with Crippen LogP contribution in [0.2, 0.25) is 5.02 Å². The van der Waals surface area contributed by atoms with Crippen LogP contribution in [0.25, 0.3) is 0 Å². The molecular weight excluding hydrogens is 452 g/mol. The molecule has 0 spiro atoms. The number of anilines is 3. The molecule has 2 aliphatic carbocycles. The number of hydrogen-bond donors (Lipinski definition) is 2. The number of nitrogen functional groups attached to an aromatic ring is 1. The summed E-state index contributed by atoms with van der Waals surface area (Å²) in [5.41, 5.74) is 7.01. The number of halogens is 1. The predicted molar refractivity (Wildman–Crippen MR) is 138 cm³/mol. The predicted octanol–water partition coefficient (Wildman–Crippen LogP) is 5.48. The van der Waals surface area contributed by atoms with E-state index in [2.05, 4.69) is 17.3 Å². The van der Waals surface area contributed by atoms with Crippen LogP contribution in [0.5, 0.6) is 5.75 Å². The molecule has 0 bridgehead atoms. The van der Waals surface area contributed by atoms with Crippen molar-refractivity contribution in [1.82, 2.24) is 19.4 Å². The third kappa shape index (κ3) is 5.39. The molecule has 0 saturated heterocycles. The van der Waals surface area contributed by atoms with Gasteiger partial charge in [-0.25, -0.2) is 0 Å². The first-order valence-corrected chi connectivity index (χ1v) is 12.8. The summed E-state index contributed by atoms with van der Waals surface area (Å²) in [6.45, 7) is 0. The van der Waals surface area contributed by atoms with Gasteiger partial charge in [-0.05, 0) is 56.7 Å². The molecule has 9 heteroatoms. The molecule has 1 unspecified atom stereocenters. The standard InChI is InChI=1S/C25H38ClN6O2/c1-32(18-8-6-4-5-7-9-18,19-11-13-20(33-2)14-12-19)25-30-23(27)29-24(31-25)28-17-10-15-22(34-3)21(26)16-17/h10,15-16,18-20H,4-9,11-14H2,1-3H3,(H3,27,28,29,30,31)/q+1. The maximum absolute atomic E-state index is 6.32. The SMILES string of the molecule is COc1ccc(Nc2nc(N)nc([N+](C)(C3CCCCCC3)C3CCC(OC)CC3)n2)cc1Cl. The highest BCUT2D eigenvalue weighted by molar-refractivity contribution is 6.32. The number of nitrogens with zero attached hydrogens (tertiary/aromatic N) is 4. The zero-order chi connectivity index (χ0) is 24.1. The van der Waals surface area contributed by atoms with Crippen LogP contribution in [-0.2, 0) is 4.74 Å². The molecule has 3 N–H and O–H groups in total. The first-order chi connectivity index (χ1) is 16.4. The third-order valence-electron chi connectivity index (χ3n) is 7.80. The minimum absolute atomic E-state index is 0.232. The first kappa shape index (κ1) is 24.9. The number of rotatable bonds is 7. The summed E-state index contributed by atoms with van der Waals surface area (Å²) in [6.07, 6.45) is 12.1. The molecular formula is C25H38ClN6O2+. The van der Waals surface area contributed by atoms with Crippen LogP contribution in [-0.4, -0.2) is 54.4 Å². The zero-order valence-electron chi connectivity index (χ0n) is 20.6. The van der Waals surface area contributed by atoms with Crippen LogP contribution in [0.4, 0.5) is 23.5 Å². The number of methoxy groups -OCH3 is 2. The van der Waals surface area contributed by atoms with Crippen LogP contribution in [0, 0.1) is 0 Å². The Kier molecular flexibility index (Phi) is 8.11. The Bertz CT molecular complexity index is 960. The van der Waals surface area contributed by atoms with Gasteiger partial charge < -0.3 is 20.5 Å². The molecule has 2 saturated carbocycles. The maximum Gasteiger partial charge on any atom is 0.335 e. The van der Waals surface area contributed by atoms with Crippen molar-refractivity contribution in [2.45, 2.75) is 82.4 Å². The van der Waals surface area contributed by atoms with Gasteiger partial charge in [0, 0.05) is 25.6 Å². The minimum atomic E-state index is 0.232. The van der Waals surface area contributed by atoms with Crippen LogP contribution >= 0.6 is 11.6 Å². The van der Waals surface area contributed by atoms with E-state index in [1.165, 1.54) is 38.5 Å². The second-order valence-electron chi connectivity index (χ2n) is 9.75. The van der Waals surface area contributed by atoms with E-state index in [1.54, 1.807) is 13.2 Å². The Hall–Kier alpha value is -2.16. The summed E-state index contributed by atoms with van der Waals surface area (Å²) >= 11 is 6.32. The maximum atomic E-state index is 6.32. The number of nitrogens with one attached hydrogen (secondary N) is 1. The fourth-order valence-electron chi connectivity index (χ4n) is 5.76. The lowest BCUT2D eigenvalue weighted by Crippen LogP contribution is -2.62. The molecule has 8 nitrogen and oxygen atoms in total. The van der Waals surface area contributed by atoms with Crippen LogP contribution < -0.4 is 20.3 Å². The average molecular weight is 490 g/mol. The van der Waals surface area contributed by atoms with Crippen molar-refractivity contribution < 1.29 is 9.47 Å². The van der Waals surface area contributed by atoms with Gasteiger partial charge in [0.1, 0.15) is 5.75 Å². The molecule has 4 rings (SSSR count). The smallest absolute Gasteiger partial charge is 0.335 e. The van der Waals surface area contributed by atoms with E-state index < -0.39 is 0 Å². The fourth-order valence-corrected chi connectivity index (χ4v) is 6.02. The van der Waals surface area contributed by atoms with Gasteiger partial charge in [0.05, 0.1) is 37.4 Å². The largest absolute Gasteiger partial charge is 0.495 e. The van der Waals surface area contributed by atoms with E-state index in [9.17, 15) is 0 Å². The van der Waals surface area contributed by atoms with Gasteiger partial charge in [0.2, 0.25) is 11.9 Å². The molecule has 2 aliphatic rings. The van der Waals surface area contributed by atoms with E-state index >= 15 is 0 Å². The lowest BCUT2D eigenvalue weighted by Gasteiger charge is -2.46. The van der Waals surface area contributed by atoms with Gasteiger partial charge in [-0.2, -0.15) is 4.98 Å². The summed E-state index contributed by atoms with van der Waals surface area (Å²) in [6, 6.07) is 6.40. The molecule has 0 amide bonds. The van der Waals surface area contributed by atoms with Crippen molar-refractivity contribution in [2.24, 2.45) is 0 Å². The Morgan fingerprint density at radius 2 is 1.62 bits per heavy atom. The Morgan fingerprint density at radius 3 is 2.24 bits per heavy atom. The summed E-state index contributed by atoms with van der Waals surface area (Å²) in [5, 5.41) is 3.79. The van der Waals surface area contributed by atoms with Crippen molar-refractivity contribution in [3.63, 3.8) is 0 Å². The lowest BCUT2D eigenvalue weighted by molar-refractivity contribution is 0.0324. The van der Waals surface area contributed by atoms with E-state index in [0.29, 0.717) is 39.4 Å². The van der Waals surface area contributed by atoms with E-state index in [0.717, 1.165) is 37.3 Å². The van der Waals surface area contributed by atoms with Gasteiger partial charge in [0.15, 0.2) is 0 Å². The number of aromatic nitrogens is 3. The zero-order valence-corrected chi connectivity index (χ0v) is 21.4. The second-order valence-corrected chi connectivity index (χ2v) is 10.2. The number of quaternary nitrogens is 1. The fraction of sp³-hybridized carbons (Fsp3) is 0.640. The van der Waals surface area contributed by atoms with Gasteiger partial charge >= 0.3 is 5.95 Å². The van der Waals surface area contributed by atoms with Crippen molar-refractivity contribution in [3.8, 4) is 5.75 Å². The normalized spacial score (nSPS) is 23.6. The van der Waals surface area contributed by atoms with Crippen LogP contribution in [0.15, 0.2) is 18.2 Å². The van der Waals surface area contributed by atoms with Crippen molar-refractivity contribution in [1.29, 1.82) is 0 Å². The number of ether oxygens (including phenoxy) is 2. The van der Waals surface area contributed by atoms with Crippen molar-refractivity contribution in [3.05, 3.63) is 23.2 Å². The molecule has 186 valence electrons. The van der Waals surface area contributed by atoms with Crippen molar-refractivity contribution in [2.75, 3.05) is 32.3 Å². The summed E-state index contributed by atoms with van der Waals surface area (Å²) in [7, 11) is 5.73. The lowest BCUT2D eigenvalue weighted by atomic mass is 9.88. The summed E-state index contributed by atoms with van der Waals surface area (Å²) < 4.78 is 11.6. The van der Waals surface area contributed by atoms with E-state index in [4.69, 9.17) is 36.8 Å². The quantitative estimate of drug-likeness (QED) is 0.393. The molecule has 2 fully saturated rings. The molecule has 1 aromatic heterocycles. The van der Waals surface area contributed by atoms with Gasteiger partial charge in [-0.15, -0.1) is 9.97 Å². The van der Waals surface area contributed by atoms with Crippen LogP contribution in [0.3, 0.4) is 0 Å². The Balaban J connectivity index is 1.68. The van der Waals surface area contributed by atoms with Gasteiger partial charge in [-0.1, -0.05) is 24.4 Å². The monoisotopic (exact) mass is 489 g/mol. The van der Waals surface area contributed by atoms with Crippen molar-refractivity contribution >= 4 is 35.1 Å². The van der Waals surface area contributed by atoms with E-state index in [-0.39, 0.29) is 5.95 Å². The topological polar surface area (TPSA) is 95.2 Å². The summed E-state index contributed by atoms with van der Waals surface area (Å²) in [4.78, 5) is 14.1. The Morgan fingerprint density at radius 1 is 0.941 bits per heavy atom. The number of benzene rings is 1. The molecule has 2 aromatic rings. The van der Waals surface area contributed by atoms with Crippen LogP contribution in [0.1, 0.15) is 64.2 Å². The molecule has 0 aliphatic heterocycles. The molecule has 1 heterocycles. The Labute approximate surface area is 207 Å². The second kappa shape index (κ2) is 11.1. The highest BCUT2D eigenvalue weighted by atomic mass is 35.5. The van der Waals surface area contributed by atoms with Gasteiger partial charge in [-0.3, -0.25) is 4.48 Å². The highest BCUT2D eigenvalue weighted by Crippen LogP contribution is 2.39. The minimum Gasteiger partial charge on any atom is -0.495 e.